The monoisotopic (exact) mass is 344 g/mol. The average molecular weight is 345 g/mol. The van der Waals surface area contributed by atoms with Crippen molar-refractivity contribution in [1.82, 2.24) is 0 Å². The van der Waals surface area contributed by atoms with E-state index in [1.807, 2.05) is 0 Å². The van der Waals surface area contributed by atoms with E-state index in [-0.39, 0.29) is 10.6 Å². The minimum absolute atomic E-state index is 0.131. The predicted molar refractivity (Wildman–Crippen MR) is 87.9 cm³/mol. The highest BCUT2D eigenvalue weighted by atomic mass is 35.5. The number of hydrogen-bond acceptors (Lipinski definition) is 4. The smallest absolute Gasteiger partial charge is 0.339 e. The van der Waals surface area contributed by atoms with E-state index in [0.29, 0.717) is 17.7 Å². The first-order chi connectivity index (χ1) is 11.5. The third kappa shape index (κ3) is 3.09. The molecular formula is C17H13ClN2O4. The van der Waals surface area contributed by atoms with Gasteiger partial charge in [0.2, 0.25) is 5.91 Å². The maximum atomic E-state index is 12.3. The second-order valence-corrected chi connectivity index (χ2v) is 5.71. The highest BCUT2D eigenvalue weighted by Crippen LogP contribution is 2.23. The van der Waals surface area contributed by atoms with Crippen molar-refractivity contribution < 1.29 is 19.1 Å². The van der Waals surface area contributed by atoms with Crippen LogP contribution in [0.2, 0.25) is 5.02 Å². The van der Waals surface area contributed by atoms with Crippen LogP contribution >= 0.6 is 11.6 Å². The molecule has 1 aliphatic heterocycles. The molecule has 0 bridgehead atoms. The van der Waals surface area contributed by atoms with Gasteiger partial charge in [-0.3, -0.25) is 9.59 Å². The van der Waals surface area contributed by atoms with E-state index < -0.39 is 23.9 Å². The summed E-state index contributed by atoms with van der Waals surface area (Å²) < 4.78 is 5.18. The average Bonchev–Trinajstić information content (AvgIpc) is 2.54. The summed E-state index contributed by atoms with van der Waals surface area (Å²) in [6.07, 6.45) is -0.636. The fraction of sp³-hybridized carbons (Fsp3) is 0.118. The van der Waals surface area contributed by atoms with Crippen LogP contribution in [0.4, 0.5) is 5.69 Å². The highest BCUT2D eigenvalue weighted by Gasteiger charge is 2.31. The Morgan fingerprint density at radius 2 is 1.96 bits per heavy atom. The molecule has 2 amide bonds. The molecule has 1 aliphatic rings. The molecule has 122 valence electrons. The van der Waals surface area contributed by atoms with Crippen molar-refractivity contribution in [3.05, 3.63) is 64.2 Å². The van der Waals surface area contributed by atoms with Crippen LogP contribution in [0.25, 0.3) is 0 Å². The number of primary amides is 1. The van der Waals surface area contributed by atoms with Gasteiger partial charge < -0.3 is 15.8 Å². The number of nitrogens with two attached hydrogens (primary N) is 1. The number of carbonyl (C=O) groups is 3. The summed E-state index contributed by atoms with van der Waals surface area (Å²) in [5, 5.41) is 2.75. The zero-order valence-corrected chi connectivity index (χ0v) is 13.2. The lowest BCUT2D eigenvalue weighted by atomic mass is 9.98. The van der Waals surface area contributed by atoms with Crippen LogP contribution in [0.15, 0.2) is 42.5 Å². The Kier molecular flexibility index (Phi) is 4.22. The first-order valence-electron chi connectivity index (χ1n) is 7.15. The maximum absolute atomic E-state index is 12.3. The van der Waals surface area contributed by atoms with Crippen LogP contribution in [-0.2, 0) is 16.0 Å². The summed E-state index contributed by atoms with van der Waals surface area (Å²) in [5.41, 5.74) is 6.94. The van der Waals surface area contributed by atoms with Gasteiger partial charge in [0.15, 0.2) is 6.10 Å². The third-order valence-electron chi connectivity index (χ3n) is 3.69. The van der Waals surface area contributed by atoms with Gasteiger partial charge in [-0.25, -0.2) is 4.79 Å². The minimum atomic E-state index is -0.929. The number of ether oxygens (including phenoxy) is 1. The molecule has 3 rings (SSSR count). The van der Waals surface area contributed by atoms with Gasteiger partial charge in [-0.2, -0.15) is 0 Å². The Morgan fingerprint density at radius 1 is 1.21 bits per heavy atom. The van der Waals surface area contributed by atoms with Gasteiger partial charge in [-0.1, -0.05) is 29.8 Å². The number of anilines is 1. The SMILES string of the molecule is NC(=O)c1ccc(NC(=O)C2Cc3ccccc3C(=O)O2)cc1Cl. The molecule has 24 heavy (non-hydrogen) atoms. The summed E-state index contributed by atoms with van der Waals surface area (Å²) in [5.74, 6) is -1.66. The fourth-order valence-corrected chi connectivity index (χ4v) is 2.77. The first kappa shape index (κ1) is 16.0. The van der Waals surface area contributed by atoms with Crippen LogP contribution in [0, 0.1) is 0 Å². The Morgan fingerprint density at radius 3 is 2.67 bits per heavy atom. The zero-order chi connectivity index (χ0) is 17.3. The van der Waals surface area contributed by atoms with Crippen LogP contribution in [-0.4, -0.2) is 23.9 Å². The normalized spacial score (nSPS) is 16.0. The molecule has 0 aromatic heterocycles. The lowest BCUT2D eigenvalue weighted by Crippen LogP contribution is -2.37. The Bertz CT molecular complexity index is 850. The number of esters is 1. The molecule has 1 heterocycles. The number of rotatable bonds is 3. The number of nitrogens with one attached hydrogen (secondary N) is 1. The molecule has 6 nitrogen and oxygen atoms in total. The number of cyclic esters (lactones) is 1. The van der Waals surface area contributed by atoms with E-state index in [2.05, 4.69) is 5.32 Å². The van der Waals surface area contributed by atoms with Crippen LogP contribution < -0.4 is 11.1 Å². The highest BCUT2D eigenvalue weighted by molar-refractivity contribution is 6.34. The van der Waals surface area contributed by atoms with E-state index in [1.165, 1.54) is 18.2 Å². The van der Waals surface area contributed by atoms with Crippen molar-refractivity contribution in [1.29, 1.82) is 0 Å². The Balaban J connectivity index is 1.76. The number of fused-ring (bicyclic) bond motifs is 1. The van der Waals surface area contributed by atoms with Crippen LogP contribution in [0.1, 0.15) is 26.3 Å². The van der Waals surface area contributed by atoms with E-state index >= 15 is 0 Å². The van der Waals surface area contributed by atoms with Crippen molar-refractivity contribution in [2.24, 2.45) is 5.73 Å². The largest absolute Gasteiger partial charge is 0.448 e. The van der Waals surface area contributed by atoms with Gasteiger partial charge in [-0.05, 0) is 29.8 Å². The summed E-state index contributed by atoms with van der Waals surface area (Å²) in [4.78, 5) is 35.4. The summed E-state index contributed by atoms with van der Waals surface area (Å²) in [6.45, 7) is 0. The van der Waals surface area contributed by atoms with Crippen molar-refractivity contribution in [2.75, 3.05) is 5.32 Å². The number of hydrogen-bond donors (Lipinski definition) is 2. The number of amides is 2. The fourth-order valence-electron chi connectivity index (χ4n) is 2.49. The summed E-state index contributed by atoms with van der Waals surface area (Å²) in [6, 6.07) is 11.3. The molecule has 0 saturated carbocycles. The molecule has 3 N–H and O–H groups in total. The molecule has 1 unspecified atom stereocenters. The second kappa shape index (κ2) is 6.33. The number of carbonyl (C=O) groups excluding carboxylic acids is 3. The van der Waals surface area contributed by atoms with Crippen LogP contribution in [0.3, 0.4) is 0 Å². The molecule has 0 saturated heterocycles. The van der Waals surface area contributed by atoms with E-state index in [1.54, 1.807) is 24.3 Å². The van der Waals surface area contributed by atoms with Crippen molar-refractivity contribution in [3.8, 4) is 0 Å². The third-order valence-corrected chi connectivity index (χ3v) is 4.00. The van der Waals surface area contributed by atoms with Crippen molar-refractivity contribution in [2.45, 2.75) is 12.5 Å². The van der Waals surface area contributed by atoms with E-state index in [9.17, 15) is 14.4 Å². The lowest BCUT2D eigenvalue weighted by Gasteiger charge is -2.23. The molecule has 2 aromatic rings. The minimum Gasteiger partial charge on any atom is -0.448 e. The Hall–Kier alpha value is -2.86. The number of benzene rings is 2. The predicted octanol–water partition coefficient (Wildman–Crippen LogP) is 2.16. The van der Waals surface area contributed by atoms with Gasteiger partial charge in [0.1, 0.15) is 0 Å². The van der Waals surface area contributed by atoms with Crippen LogP contribution in [0.5, 0.6) is 0 Å². The van der Waals surface area contributed by atoms with Gasteiger partial charge in [0.25, 0.3) is 5.91 Å². The number of halogens is 1. The van der Waals surface area contributed by atoms with Gasteiger partial charge >= 0.3 is 5.97 Å². The second-order valence-electron chi connectivity index (χ2n) is 5.30. The molecule has 1 atom stereocenters. The van der Waals surface area contributed by atoms with Gasteiger partial charge in [0, 0.05) is 12.1 Å². The summed E-state index contributed by atoms with van der Waals surface area (Å²) in [7, 11) is 0. The molecule has 7 heteroatoms. The van der Waals surface area contributed by atoms with E-state index in [0.717, 1.165) is 5.56 Å². The zero-order valence-electron chi connectivity index (χ0n) is 12.4. The summed E-state index contributed by atoms with van der Waals surface area (Å²) >= 11 is 5.95. The molecule has 0 aliphatic carbocycles. The molecule has 0 spiro atoms. The first-order valence-corrected chi connectivity index (χ1v) is 7.52. The lowest BCUT2D eigenvalue weighted by molar-refractivity contribution is -0.125. The molecule has 2 aromatic carbocycles. The topological polar surface area (TPSA) is 98.5 Å². The standard InChI is InChI=1S/C17H13ClN2O4/c18-13-8-10(5-6-12(13)15(19)21)20-16(22)14-7-9-3-1-2-4-11(9)17(23)24-14/h1-6,8,14H,7H2,(H2,19,21)(H,20,22). The van der Waals surface area contributed by atoms with Gasteiger partial charge in [-0.15, -0.1) is 0 Å². The van der Waals surface area contributed by atoms with E-state index in [4.69, 9.17) is 22.1 Å². The molecule has 0 radical (unpaired) electrons. The van der Waals surface area contributed by atoms with Crippen molar-refractivity contribution >= 4 is 35.1 Å². The van der Waals surface area contributed by atoms with Gasteiger partial charge in [0.05, 0.1) is 16.1 Å². The maximum Gasteiger partial charge on any atom is 0.339 e. The van der Waals surface area contributed by atoms with Crippen molar-refractivity contribution in [3.63, 3.8) is 0 Å². The Labute approximate surface area is 142 Å². The quantitative estimate of drug-likeness (QED) is 0.833. The molecule has 0 fully saturated rings. The molecular weight excluding hydrogens is 332 g/mol.